The summed E-state index contributed by atoms with van der Waals surface area (Å²) in [5, 5.41) is 16.5. The summed E-state index contributed by atoms with van der Waals surface area (Å²) in [6.45, 7) is 3.81. The molecule has 1 aliphatic rings. The normalized spacial score (nSPS) is 14.1. The molecule has 0 spiro atoms. The molecule has 0 saturated carbocycles. The Morgan fingerprint density at radius 2 is 1.97 bits per heavy atom. The van der Waals surface area contributed by atoms with E-state index in [-0.39, 0.29) is 17.3 Å². The van der Waals surface area contributed by atoms with Gasteiger partial charge in [-0.25, -0.2) is 0 Å². The molecule has 0 atom stereocenters. The van der Waals surface area contributed by atoms with E-state index in [1.54, 1.807) is 30.2 Å². The first-order valence-electron chi connectivity index (χ1n) is 11.3. The number of nitrogens with zero attached hydrogens (tertiary/aromatic N) is 4. The van der Waals surface area contributed by atoms with Crippen molar-refractivity contribution in [3.8, 4) is 22.7 Å². The number of nitro benzene ring substituents is 1. The van der Waals surface area contributed by atoms with Gasteiger partial charge in [0.05, 0.1) is 17.7 Å². The third-order valence-electron chi connectivity index (χ3n) is 6.26. The Labute approximate surface area is 197 Å². The van der Waals surface area contributed by atoms with Crippen molar-refractivity contribution in [1.82, 2.24) is 9.78 Å². The van der Waals surface area contributed by atoms with Crippen LogP contribution in [0.4, 0.5) is 11.4 Å². The first-order chi connectivity index (χ1) is 16.4. The number of methoxy groups -OCH3 is 1. The van der Waals surface area contributed by atoms with Crippen LogP contribution in [0.5, 0.6) is 5.75 Å². The molecular formula is C25H28N4O5. The summed E-state index contributed by atoms with van der Waals surface area (Å²) in [6.07, 6.45) is 1.65. The van der Waals surface area contributed by atoms with E-state index in [0.717, 1.165) is 28.7 Å². The zero-order chi connectivity index (χ0) is 24.2. The minimum atomic E-state index is -0.474. The molecule has 2 aromatic carbocycles. The molecule has 1 aromatic heterocycles. The molecule has 0 N–H and O–H groups in total. The molecule has 9 heteroatoms. The molecule has 2 heterocycles. The summed E-state index contributed by atoms with van der Waals surface area (Å²) in [5.74, 6) is 0.860. The van der Waals surface area contributed by atoms with Crippen LogP contribution in [0, 0.1) is 10.1 Å². The summed E-state index contributed by atoms with van der Waals surface area (Å²) >= 11 is 0. The smallest absolute Gasteiger partial charge is 0.295 e. The number of nitro groups is 1. The molecule has 0 aliphatic carbocycles. The van der Waals surface area contributed by atoms with Crippen molar-refractivity contribution in [3.05, 3.63) is 74.6 Å². The maximum atomic E-state index is 13.5. The topological polar surface area (TPSA) is 99.7 Å². The minimum absolute atomic E-state index is 0.162. The van der Waals surface area contributed by atoms with Crippen LogP contribution < -0.4 is 15.2 Å². The maximum absolute atomic E-state index is 13.5. The highest BCUT2D eigenvalue weighted by atomic mass is 16.6. The average molecular weight is 465 g/mol. The highest BCUT2D eigenvalue weighted by Gasteiger charge is 2.24. The summed E-state index contributed by atoms with van der Waals surface area (Å²) in [7, 11) is 3.39. The number of aromatic nitrogens is 2. The van der Waals surface area contributed by atoms with E-state index in [1.165, 1.54) is 6.07 Å². The van der Waals surface area contributed by atoms with Crippen molar-refractivity contribution in [3.63, 3.8) is 0 Å². The first kappa shape index (κ1) is 23.4. The molecule has 178 valence electrons. The SMILES string of the molecule is CCN(C)c1cc(-c2cccc(OC)c2)nn(-c2cc(C3CCOCC3)ccc2[N+](=O)[O-])c1=O. The highest BCUT2D eigenvalue weighted by molar-refractivity contribution is 5.66. The Bertz CT molecular complexity index is 1250. The third kappa shape index (κ3) is 4.65. The molecular weight excluding hydrogens is 436 g/mol. The Hall–Kier alpha value is -3.72. The number of hydrogen-bond acceptors (Lipinski definition) is 7. The summed E-state index contributed by atoms with van der Waals surface area (Å²) < 4.78 is 12.0. The second-order valence-corrected chi connectivity index (χ2v) is 8.27. The zero-order valence-corrected chi connectivity index (χ0v) is 19.6. The fourth-order valence-corrected chi connectivity index (χ4v) is 4.16. The molecule has 34 heavy (non-hydrogen) atoms. The largest absolute Gasteiger partial charge is 0.497 e. The second kappa shape index (κ2) is 10.0. The van der Waals surface area contributed by atoms with Crippen molar-refractivity contribution in [2.24, 2.45) is 0 Å². The number of rotatable bonds is 7. The van der Waals surface area contributed by atoms with Gasteiger partial charge in [0.15, 0.2) is 0 Å². The number of ether oxygens (including phenoxy) is 2. The molecule has 9 nitrogen and oxygen atoms in total. The summed E-state index contributed by atoms with van der Waals surface area (Å²) in [5.41, 5.74) is 2.17. The molecule has 1 aliphatic heterocycles. The average Bonchev–Trinajstić information content (AvgIpc) is 2.88. The van der Waals surface area contributed by atoms with Gasteiger partial charge in [-0.3, -0.25) is 14.9 Å². The zero-order valence-electron chi connectivity index (χ0n) is 19.6. The van der Waals surface area contributed by atoms with Gasteiger partial charge in [-0.2, -0.15) is 9.78 Å². The monoisotopic (exact) mass is 464 g/mol. The predicted octanol–water partition coefficient (Wildman–Crippen LogP) is 4.17. The molecule has 0 unspecified atom stereocenters. The van der Waals surface area contributed by atoms with E-state index in [1.807, 2.05) is 38.2 Å². The van der Waals surface area contributed by atoms with Crippen LogP contribution in [0.2, 0.25) is 0 Å². The van der Waals surface area contributed by atoms with Crippen LogP contribution >= 0.6 is 0 Å². The van der Waals surface area contributed by atoms with E-state index in [4.69, 9.17) is 9.47 Å². The van der Waals surface area contributed by atoms with Crippen molar-refractivity contribution in [2.45, 2.75) is 25.7 Å². The van der Waals surface area contributed by atoms with Crippen LogP contribution in [-0.2, 0) is 4.74 Å². The van der Waals surface area contributed by atoms with E-state index >= 15 is 0 Å². The molecule has 4 rings (SSSR count). The third-order valence-corrected chi connectivity index (χ3v) is 6.26. The Morgan fingerprint density at radius 3 is 2.65 bits per heavy atom. The second-order valence-electron chi connectivity index (χ2n) is 8.27. The van der Waals surface area contributed by atoms with Crippen LogP contribution in [0.15, 0.2) is 53.3 Å². The lowest BCUT2D eigenvalue weighted by atomic mass is 9.91. The van der Waals surface area contributed by atoms with Crippen molar-refractivity contribution >= 4 is 11.4 Å². The quantitative estimate of drug-likeness (QED) is 0.382. The molecule has 0 radical (unpaired) electrons. The van der Waals surface area contributed by atoms with E-state index in [0.29, 0.717) is 36.9 Å². The van der Waals surface area contributed by atoms with Gasteiger partial charge in [0.2, 0.25) is 0 Å². The Balaban J connectivity index is 1.95. The predicted molar refractivity (Wildman–Crippen MR) is 130 cm³/mol. The standard InChI is InChI=1S/C25H28N4O5/c1-4-27(2)24-16-21(19-6-5-7-20(14-19)33-3)26-28(25(24)30)23-15-18(8-9-22(23)29(31)32)17-10-12-34-13-11-17/h5-9,14-17H,4,10-13H2,1-3H3. The fraction of sp³-hybridized carbons (Fsp3) is 0.360. The lowest BCUT2D eigenvalue weighted by Gasteiger charge is -2.23. The first-order valence-corrected chi connectivity index (χ1v) is 11.3. The van der Waals surface area contributed by atoms with Gasteiger partial charge in [0.25, 0.3) is 11.2 Å². The van der Waals surface area contributed by atoms with Gasteiger partial charge in [-0.05, 0) is 55.5 Å². The number of benzene rings is 2. The maximum Gasteiger partial charge on any atom is 0.295 e. The van der Waals surface area contributed by atoms with Crippen LogP contribution in [0.3, 0.4) is 0 Å². The lowest BCUT2D eigenvalue weighted by Crippen LogP contribution is -2.31. The summed E-state index contributed by atoms with van der Waals surface area (Å²) in [6, 6.07) is 14.0. The van der Waals surface area contributed by atoms with E-state index in [2.05, 4.69) is 5.10 Å². The minimum Gasteiger partial charge on any atom is -0.497 e. The van der Waals surface area contributed by atoms with Gasteiger partial charge in [-0.15, -0.1) is 0 Å². The van der Waals surface area contributed by atoms with E-state index in [9.17, 15) is 14.9 Å². The Morgan fingerprint density at radius 1 is 1.21 bits per heavy atom. The van der Waals surface area contributed by atoms with Gasteiger partial charge in [0.1, 0.15) is 17.1 Å². The van der Waals surface area contributed by atoms with Crippen LogP contribution in [-0.4, -0.2) is 48.6 Å². The van der Waals surface area contributed by atoms with Crippen molar-refractivity contribution in [2.75, 3.05) is 38.8 Å². The molecule has 1 fully saturated rings. The highest BCUT2D eigenvalue weighted by Crippen LogP contribution is 2.32. The molecule has 1 saturated heterocycles. The summed E-state index contributed by atoms with van der Waals surface area (Å²) in [4.78, 5) is 26.8. The van der Waals surface area contributed by atoms with Gasteiger partial charge in [0, 0.05) is 38.4 Å². The van der Waals surface area contributed by atoms with Gasteiger partial charge < -0.3 is 14.4 Å². The Kier molecular flexibility index (Phi) is 6.93. The molecule has 3 aromatic rings. The number of anilines is 1. The van der Waals surface area contributed by atoms with Crippen LogP contribution in [0.1, 0.15) is 31.2 Å². The lowest BCUT2D eigenvalue weighted by molar-refractivity contribution is -0.384. The molecule has 0 amide bonds. The van der Waals surface area contributed by atoms with Crippen LogP contribution in [0.25, 0.3) is 16.9 Å². The fourth-order valence-electron chi connectivity index (χ4n) is 4.16. The molecule has 0 bridgehead atoms. The van der Waals surface area contributed by atoms with Crippen molar-refractivity contribution < 1.29 is 14.4 Å². The van der Waals surface area contributed by atoms with Gasteiger partial charge in [-0.1, -0.05) is 18.2 Å². The van der Waals surface area contributed by atoms with E-state index < -0.39 is 10.5 Å². The number of hydrogen-bond donors (Lipinski definition) is 0. The van der Waals surface area contributed by atoms with Gasteiger partial charge >= 0.3 is 0 Å². The van der Waals surface area contributed by atoms with Crippen molar-refractivity contribution in [1.29, 1.82) is 0 Å².